The zero-order valence-electron chi connectivity index (χ0n) is 10.2. The molecular formula is C10H17NO6S. The lowest BCUT2D eigenvalue weighted by Gasteiger charge is -2.09. The van der Waals surface area contributed by atoms with Gasteiger partial charge in [-0.1, -0.05) is 29.9 Å². The fourth-order valence-electron chi connectivity index (χ4n) is 1.24. The lowest BCUT2D eigenvalue weighted by Crippen LogP contribution is -2.07. The van der Waals surface area contributed by atoms with E-state index >= 15 is 0 Å². The summed E-state index contributed by atoms with van der Waals surface area (Å²) < 4.78 is 31.6. The number of nitrogens with one attached hydrogen (secondary N) is 1. The first kappa shape index (κ1) is 17.0. The Bertz CT molecular complexity index is 383. The number of hydrogen-bond donors (Lipinski definition) is 3. The van der Waals surface area contributed by atoms with E-state index in [0.717, 1.165) is 0 Å². The Kier molecular flexibility index (Phi) is 8.46. The van der Waals surface area contributed by atoms with Gasteiger partial charge in [0.15, 0.2) is 0 Å². The summed E-state index contributed by atoms with van der Waals surface area (Å²) in [6.45, 7) is 0. The third-order valence-corrected chi connectivity index (χ3v) is 1.89. The van der Waals surface area contributed by atoms with Gasteiger partial charge in [0.2, 0.25) is 0 Å². The van der Waals surface area contributed by atoms with Crippen molar-refractivity contribution >= 4 is 10.4 Å². The molecule has 0 atom stereocenters. The van der Waals surface area contributed by atoms with Crippen LogP contribution in [0, 0.1) is 0 Å². The van der Waals surface area contributed by atoms with E-state index in [0.29, 0.717) is 0 Å². The summed E-state index contributed by atoms with van der Waals surface area (Å²) in [6, 6.07) is 8.83. The third kappa shape index (κ3) is 11.5. The first-order valence-corrected chi connectivity index (χ1v) is 6.35. The fourth-order valence-corrected chi connectivity index (χ4v) is 1.24. The van der Waals surface area contributed by atoms with E-state index in [-0.39, 0.29) is 0 Å². The molecule has 18 heavy (non-hydrogen) atoms. The minimum Gasteiger partial charge on any atom is -0.280 e. The smallest absolute Gasteiger partial charge is 0.280 e. The lowest BCUT2D eigenvalue weighted by atomic mass is 9.97. The van der Waals surface area contributed by atoms with Crippen LogP contribution in [0.4, 0.5) is 0 Å². The van der Waals surface area contributed by atoms with Gasteiger partial charge in [0.05, 0.1) is 14.2 Å². The molecule has 8 heteroatoms. The van der Waals surface area contributed by atoms with Crippen molar-refractivity contribution in [3.05, 3.63) is 35.4 Å². The first-order valence-electron chi connectivity index (χ1n) is 4.95. The predicted molar refractivity (Wildman–Crippen MR) is 65.2 cm³/mol. The van der Waals surface area contributed by atoms with Crippen molar-refractivity contribution < 1.29 is 27.2 Å². The molecule has 0 unspecified atom stereocenters. The van der Waals surface area contributed by atoms with Gasteiger partial charge in [-0.25, -0.2) is 0 Å². The van der Waals surface area contributed by atoms with Crippen LogP contribution in [0.1, 0.15) is 11.1 Å². The average Bonchev–Trinajstić information content (AvgIpc) is 2.31. The molecule has 0 aliphatic heterocycles. The third-order valence-electron chi connectivity index (χ3n) is 1.89. The van der Waals surface area contributed by atoms with E-state index in [1.165, 1.54) is 38.2 Å². The molecule has 0 saturated carbocycles. The van der Waals surface area contributed by atoms with Crippen molar-refractivity contribution in [1.29, 1.82) is 0 Å². The molecule has 0 aromatic heterocycles. The first-order chi connectivity index (χ1) is 8.36. The van der Waals surface area contributed by atoms with Crippen LogP contribution < -0.4 is 5.64 Å². The van der Waals surface area contributed by atoms with Gasteiger partial charge in [0, 0.05) is 0 Å². The molecule has 7 nitrogen and oxygen atoms in total. The fraction of sp³-hybridized carbons (Fsp3) is 0.400. The van der Waals surface area contributed by atoms with Crippen LogP contribution in [0.15, 0.2) is 24.3 Å². The van der Waals surface area contributed by atoms with E-state index in [1.54, 1.807) is 0 Å². The molecule has 1 aromatic rings. The summed E-state index contributed by atoms with van der Waals surface area (Å²) in [5, 5.41) is 0. The van der Waals surface area contributed by atoms with Crippen LogP contribution in [0.5, 0.6) is 0 Å². The molecule has 3 N–H and O–H groups in total. The van der Waals surface area contributed by atoms with Crippen molar-refractivity contribution in [2.24, 2.45) is 0 Å². The maximum absolute atomic E-state index is 8.74. The maximum atomic E-state index is 8.74. The SMILES string of the molecule is CONOC.O=S(=O)(O)O.c1cc2ccc1CC2. The summed E-state index contributed by atoms with van der Waals surface area (Å²) in [7, 11) is -1.72. The quantitative estimate of drug-likeness (QED) is 0.544. The Hall–Kier alpha value is -1.03. The van der Waals surface area contributed by atoms with Gasteiger partial charge in [-0.15, -0.1) is 0 Å². The van der Waals surface area contributed by atoms with Crippen LogP contribution in [0.25, 0.3) is 0 Å². The zero-order chi connectivity index (χ0) is 14.0. The van der Waals surface area contributed by atoms with E-state index in [9.17, 15) is 0 Å². The van der Waals surface area contributed by atoms with Gasteiger partial charge in [0.1, 0.15) is 0 Å². The van der Waals surface area contributed by atoms with Gasteiger partial charge >= 0.3 is 10.4 Å². The van der Waals surface area contributed by atoms with E-state index in [4.69, 9.17) is 17.5 Å². The Morgan fingerprint density at radius 3 is 1.33 bits per heavy atom. The van der Waals surface area contributed by atoms with E-state index < -0.39 is 10.4 Å². The second-order valence-corrected chi connectivity index (χ2v) is 4.15. The largest absolute Gasteiger partial charge is 0.394 e. The van der Waals surface area contributed by atoms with Crippen LogP contribution in [0.3, 0.4) is 0 Å². The van der Waals surface area contributed by atoms with Crippen LogP contribution >= 0.6 is 0 Å². The van der Waals surface area contributed by atoms with Gasteiger partial charge in [-0.3, -0.25) is 18.8 Å². The van der Waals surface area contributed by atoms with Gasteiger partial charge in [-0.2, -0.15) is 8.42 Å². The minimum absolute atomic E-state index is 1.27. The Balaban J connectivity index is 0.000000258. The Morgan fingerprint density at radius 2 is 1.28 bits per heavy atom. The van der Waals surface area contributed by atoms with Crippen molar-refractivity contribution in [3.63, 3.8) is 0 Å². The highest BCUT2D eigenvalue weighted by molar-refractivity contribution is 7.79. The number of rotatable bonds is 2. The Morgan fingerprint density at radius 1 is 1.00 bits per heavy atom. The summed E-state index contributed by atoms with van der Waals surface area (Å²) in [4.78, 5) is 8.44. The molecular weight excluding hydrogens is 262 g/mol. The number of hydrogen-bond acceptors (Lipinski definition) is 5. The zero-order valence-corrected chi connectivity index (χ0v) is 11.0. The highest BCUT2D eigenvalue weighted by Gasteiger charge is 2.01. The summed E-state index contributed by atoms with van der Waals surface area (Å²) in [5.41, 5.74) is 5.08. The maximum Gasteiger partial charge on any atom is 0.394 e. The summed E-state index contributed by atoms with van der Waals surface area (Å²) in [6.07, 6.45) is 2.53. The summed E-state index contributed by atoms with van der Waals surface area (Å²) in [5.74, 6) is 0. The number of fused-ring (bicyclic) bond motifs is 3. The molecule has 0 spiro atoms. The molecule has 2 aliphatic carbocycles. The van der Waals surface area contributed by atoms with E-state index in [1.807, 2.05) is 0 Å². The van der Waals surface area contributed by atoms with Crippen molar-refractivity contribution in [2.45, 2.75) is 12.8 Å². The molecule has 104 valence electrons. The van der Waals surface area contributed by atoms with Crippen LogP contribution in [-0.2, 0) is 32.9 Å². The normalized spacial score (nSPS) is 12.0. The number of aryl methyl sites for hydroxylation is 2. The van der Waals surface area contributed by atoms with Crippen molar-refractivity contribution in [1.82, 2.24) is 5.64 Å². The van der Waals surface area contributed by atoms with E-state index in [2.05, 4.69) is 39.6 Å². The molecule has 1 aromatic carbocycles. The second kappa shape index (κ2) is 8.97. The molecule has 0 fully saturated rings. The molecule has 0 amide bonds. The van der Waals surface area contributed by atoms with Gasteiger partial charge in [-0.05, 0) is 24.0 Å². The summed E-state index contributed by atoms with van der Waals surface area (Å²) >= 11 is 0. The standard InChI is InChI=1S/C8H8.C2H7NO2.H2O4S/c1-2-8-5-3-7(1)4-6-8;1-4-3-5-2;1-5(2,3)4/h1-3,5H,4,6H2;3H,1-2H3;(H2,1,2,3,4). The van der Waals surface area contributed by atoms with Crippen molar-refractivity contribution in [3.8, 4) is 0 Å². The second-order valence-electron chi connectivity index (χ2n) is 3.26. The molecule has 3 rings (SSSR count). The topological polar surface area (TPSA) is 105 Å². The molecule has 0 saturated heterocycles. The van der Waals surface area contributed by atoms with Crippen LogP contribution in [0.2, 0.25) is 0 Å². The number of benzene rings is 1. The average molecular weight is 279 g/mol. The predicted octanol–water partition coefficient (Wildman–Crippen LogP) is 0.831. The van der Waals surface area contributed by atoms with Gasteiger partial charge < -0.3 is 0 Å². The molecule has 0 radical (unpaired) electrons. The minimum atomic E-state index is -4.67. The monoisotopic (exact) mass is 279 g/mol. The molecule has 2 aliphatic rings. The lowest BCUT2D eigenvalue weighted by molar-refractivity contribution is -0.130. The molecule has 0 heterocycles. The molecule has 2 bridgehead atoms. The van der Waals surface area contributed by atoms with Crippen molar-refractivity contribution in [2.75, 3.05) is 14.2 Å². The highest BCUT2D eigenvalue weighted by Crippen LogP contribution is 2.14. The van der Waals surface area contributed by atoms with Crippen LogP contribution in [-0.4, -0.2) is 31.7 Å². The van der Waals surface area contributed by atoms with Gasteiger partial charge in [0.25, 0.3) is 0 Å². The Labute approximate surface area is 106 Å². The highest BCUT2D eigenvalue weighted by atomic mass is 32.3.